The number of methoxy groups -OCH3 is 1. The molecule has 0 aromatic carbocycles. The fourth-order valence-electron chi connectivity index (χ4n) is 1.35. The molecule has 0 aliphatic rings. The van der Waals surface area contributed by atoms with E-state index in [-0.39, 0.29) is 24.3 Å². The first kappa shape index (κ1) is 15.4. The Morgan fingerprint density at radius 3 is 2.80 bits per heavy atom. The summed E-state index contributed by atoms with van der Waals surface area (Å²) < 4.78 is 4.55. The third-order valence-corrected chi connectivity index (χ3v) is 2.28. The van der Waals surface area contributed by atoms with E-state index in [1.807, 2.05) is 0 Å². The Bertz CT molecular complexity index is 504. The topological polar surface area (TPSA) is 118 Å². The van der Waals surface area contributed by atoms with Gasteiger partial charge in [0.1, 0.15) is 5.82 Å². The molecular formula is C12H15N3O5. The lowest BCUT2D eigenvalue weighted by Gasteiger charge is -2.07. The fourth-order valence-corrected chi connectivity index (χ4v) is 1.35. The van der Waals surface area contributed by atoms with Crippen LogP contribution in [0.1, 0.15) is 23.2 Å². The van der Waals surface area contributed by atoms with Crippen molar-refractivity contribution in [3.8, 4) is 0 Å². The minimum atomic E-state index is -0.917. The number of nitrogens with zero attached hydrogens (tertiary/aromatic N) is 1. The summed E-state index contributed by atoms with van der Waals surface area (Å²) in [5, 5.41) is 13.4. The van der Waals surface area contributed by atoms with Gasteiger partial charge in [-0.05, 0) is 18.6 Å². The zero-order valence-electron chi connectivity index (χ0n) is 10.9. The Kier molecular flexibility index (Phi) is 5.95. The molecule has 0 fully saturated rings. The third-order valence-electron chi connectivity index (χ3n) is 2.28. The number of carboxylic acids is 1. The number of aromatic nitrogens is 1. The van der Waals surface area contributed by atoms with Crippen molar-refractivity contribution in [3.63, 3.8) is 0 Å². The average molecular weight is 281 g/mol. The summed E-state index contributed by atoms with van der Waals surface area (Å²) in [7, 11) is 1.25. The number of nitrogens with one attached hydrogen (secondary N) is 2. The monoisotopic (exact) mass is 281 g/mol. The molecule has 1 rings (SSSR count). The van der Waals surface area contributed by atoms with Crippen LogP contribution in [0.5, 0.6) is 0 Å². The van der Waals surface area contributed by atoms with Crippen molar-refractivity contribution in [2.75, 3.05) is 19.0 Å². The smallest absolute Gasteiger partial charge is 0.338 e. The molecule has 8 nitrogen and oxygen atoms in total. The van der Waals surface area contributed by atoms with E-state index in [9.17, 15) is 14.4 Å². The van der Waals surface area contributed by atoms with Crippen LogP contribution in [0.4, 0.5) is 10.6 Å². The van der Waals surface area contributed by atoms with Gasteiger partial charge < -0.3 is 15.2 Å². The molecule has 20 heavy (non-hydrogen) atoms. The van der Waals surface area contributed by atoms with Crippen LogP contribution in [0, 0.1) is 0 Å². The molecule has 0 saturated carbocycles. The summed E-state index contributed by atoms with van der Waals surface area (Å²) >= 11 is 0. The van der Waals surface area contributed by atoms with Crippen LogP contribution in [0.15, 0.2) is 18.3 Å². The van der Waals surface area contributed by atoms with Crippen molar-refractivity contribution in [3.05, 3.63) is 23.9 Å². The summed E-state index contributed by atoms with van der Waals surface area (Å²) in [6, 6.07) is 2.31. The second-order valence-electron chi connectivity index (χ2n) is 3.80. The zero-order valence-corrected chi connectivity index (χ0v) is 10.9. The predicted molar refractivity (Wildman–Crippen MR) is 69.5 cm³/mol. The number of urea groups is 1. The third kappa shape index (κ3) is 5.34. The molecule has 0 saturated heterocycles. The maximum absolute atomic E-state index is 11.5. The van der Waals surface area contributed by atoms with E-state index < -0.39 is 18.0 Å². The van der Waals surface area contributed by atoms with Gasteiger partial charge >= 0.3 is 18.0 Å². The highest BCUT2D eigenvalue weighted by Crippen LogP contribution is 2.07. The van der Waals surface area contributed by atoms with Crippen molar-refractivity contribution in [2.24, 2.45) is 0 Å². The SMILES string of the molecule is COC(=O)c1ccnc(NC(=O)NCCCC(=O)O)c1. The second-order valence-corrected chi connectivity index (χ2v) is 3.80. The van der Waals surface area contributed by atoms with E-state index in [0.29, 0.717) is 6.42 Å². The highest BCUT2D eigenvalue weighted by atomic mass is 16.5. The summed E-state index contributed by atoms with van der Waals surface area (Å²) in [6.07, 6.45) is 1.68. The zero-order chi connectivity index (χ0) is 15.0. The number of amides is 2. The Labute approximate surface area is 115 Å². The van der Waals surface area contributed by atoms with Gasteiger partial charge in [0.25, 0.3) is 0 Å². The van der Waals surface area contributed by atoms with Gasteiger partial charge in [-0.3, -0.25) is 10.1 Å². The Morgan fingerprint density at radius 1 is 1.40 bits per heavy atom. The van der Waals surface area contributed by atoms with Gasteiger partial charge in [0.15, 0.2) is 0 Å². The lowest BCUT2D eigenvalue weighted by Crippen LogP contribution is -2.30. The van der Waals surface area contributed by atoms with Crippen molar-refractivity contribution in [1.29, 1.82) is 0 Å². The molecule has 1 aromatic heterocycles. The van der Waals surface area contributed by atoms with Gasteiger partial charge in [-0.15, -0.1) is 0 Å². The summed E-state index contributed by atoms with van der Waals surface area (Å²) in [6.45, 7) is 0.231. The minimum absolute atomic E-state index is 0.0175. The molecule has 0 bridgehead atoms. The van der Waals surface area contributed by atoms with Crippen LogP contribution in [0.3, 0.4) is 0 Å². The van der Waals surface area contributed by atoms with Crippen LogP contribution in [-0.4, -0.2) is 41.7 Å². The summed E-state index contributed by atoms with van der Waals surface area (Å²) in [5.74, 6) is -1.25. The molecule has 0 radical (unpaired) electrons. The Balaban J connectivity index is 2.45. The first-order valence-corrected chi connectivity index (χ1v) is 5.84. The molecular weight excluding hydrogens is 266 g/mol. The van der Waals surface area contributed by atoms with Crippen LogP contribution in [0.2, 0.25) is 0 Å². The quantitative estimate of drug-likeness (QED) is 0.525. The maximum Gasteiger partial charge on any atom is 0.338 e. The number of rotatable bonds is 6. The van der Waals surface area contributed by atoms with Crippen LogP contribution >= 0.6 is 0 Å². The van der Waals surface area contributed by atoms with Crippen molar-refractivity contribution in [1.82, 2.24) is 10.3 Å². The molecule has 108 valence electrons. The molecule has 0 unspecified atom stereocenters. The van der Waals surface area contributed by atoms with Gasteiger partial charge in [0.2, 0.25) is 0 Å². The average Bonchev–Trinajstić information content (AvgIpc) is 2.43. The second kappa shape index (κ2) is 7.72. The first-order valence-electron chi connectivity index (χ1n) is 5.84. The van der Waals surface area contributed by atoms with Crippen molar-refractivity contribution >= 4 is 23.8 Å². The van der Waals surface area contributed by atoms with Gasteiger partial charge in [-0.25, -0.2) is 14.6 Å². The number of hydrogen-bond acceptors (Lipinski definition) is 5. The van der Waals surface area contributed by atoms with Crippen molar-refractivity contribution in [2.45, 2.75) is 12.8 Å². The van der Waals surface area contributed by atoms with E-state index in [2.05, 4.69) is 20.4 Å². The van der Waals surface area contributed by atoms with Crippen LogP contribution < -0.4 is 10.6 Å². The maximum atomic E-state index is 11.5. The number of aliphatic carboxylic acids is 1. The first-order chi connectivity index (χ1) is 9.52. The standard InChI is InChI=1S/C12H15N3O5/c1-20-11(18)8-4-6-13-9(7-8)15-12(19)14-5-2-3-10(16)17/h4,6-7H,2-3,5H2,1H3,(H,16,17)(H2,13,14,15,19). The molecule has 2 amide bonds. The number of esters is 1. The van der Waals surface area contributed by atoms with E-state index >= 15 is 0 Å². The van der Waals surface area contributed by atoms with Crippen molar-refractivity contribution < 1.29 is 24.2 Å². The number of ether oxygens (including phenoxy) is 1. The molecule has 0 aliphatic heterocycles. The summed E-state index contributed by atoms with van der Waals surface area (Å²) in [4.78, 5) is 36.9. The minimum Gasteiger partial charge on any atom is -0.481 e. The van der Waals surface area contributed by atoms with Crippen LogP contribution in [-0.2, 0) is 9.53 Å². The highest BCUT2D eigenvalue weighted by molar-refractivity contribution is 5.92. The Morgan fingerprint density at radius 2 is 2.15 bits per heavy atom. The number of carboxylic acid groups (broad SMARTS) is 1. The number of anilines is 1. The number of pyridine rings is 1. The molecule has 3 N–H and O–H groups in total. The lowest BCUT2D eigenvalue weighted by molar-refractivity contribution is -0.137. The normalized spacial score (nSPS) is 9.65. The summed E-state index contributed by atoms with van der Waals surface area (Å²) in [5.41, 5.74) is 0.267. The fraction of sp³-hybridized carbons (Fsp3) is 0.333. The highest BCUT2D eigenvalue weighted by Gasteiger charge is 2.08. The van der Waals surface area contributed by atoms with Gasteiger partial charge in [0, 0.05) is 19.2 Å². The van der Waals surface area contributed by atoms with E-state index in [1.54, 1.807) is 0 Å². The van der Waals surface area contributed by atoms with Crippen LogP contribution in [0.25, 0.3) is 0 Å². The largest absolute Gasteiger partial charge is 0.481 e. The van der Waals surface area contributed by atoms with E-state index in [1.165, 1.54) is 25.4 Å². The molecule has 1 aromatic rings. The number of hydrogen-bond donors (Lipinski definition) is 3. The lowest BCUT2D eigenvalue weighted by atomic mass is 10.2. The van der Waals surface area contributed by atoms with Gasteiger partial charge in [-0.2, -0.15) is 0 Å². The molecule has 1 heterocycles. The number of carbonyl (C=O) groups is 3. The molecule has 0 aliphatic carbocycles. The Hall–Kier alpha value is -2.64. The van der Waals surface area contributed by atoms with E-state index in [0.717, 1.165) is 0 Å². The van der Waals surface area contributed by atoms with Gasteiger partial charge in [0.05, 0.1) is 12.7 Å². The predicted octanol–water partition coefficient (Wildman–Crippen LogP) is 0.854. The molecule has 0 spiro atoms. The van der Waals surface area contributed by atoms with E-state index in [4.69, 9.17) is 5.11 Å². The van der Waals surface area contributed by atoms with Gasteiger partial charge in [-0.1, -0.05) is 0 Å². The molecule has 8 heteroatoms. The number of carbonyl (C=O) groups excluding carboxylic acids is 2. The molecule has 0 atom stereocenters.